The van der Waals surface area contributed by atoms with Crippen molar-refractivity contribution in [1.82, 2.24) is 0 Å². The maximum absolute atomic E-state index is 13.7. The number of aliphatic hydroxyl groups excluding tert-OH is 7. The Morgan fingerprint density at radius 2 is 1.34 bits per heavy atom. The highest BCUT2D eigenvalue weighted by atomic mass is 31.2. The smallest absolute Gasteiger partial charge is 0.462 e. The number of phosphoric acid groups is 2. The SMILES string of the molecule is CCCCCCCCCCCCCCCCCCCC(=O)OC[C@@H]1COP(=O)(O)O[C@H]2[C@H](O)[C@@H](O)[C@H](O)[C@@H](CC=CCCCC(=O)O1)[C@@H](O)C[C@@H](O)[C@H](/C=C/[C@@H](O)CCCCC)[C@@H](O)[C@H]2OP(=O)(O)O. The molecule has 0 spiro atoms. The molecule has 1 aliphatic carbocycles. The number of cyclic esters (lactones) is 1. The van der Waals surface area contributed by atoms with E-state index < -0.39 is 120 Å². The highest BCUT2D eigenvalue weighted by Gasteiger charge is 2.51. The van der Waals surface area contributed by atoms with Crippen molar-refractivity contribution in [3.8, 4) is 0 Å². The lowest BCUT2D eigenvalue weighted by Crippen LogP contribution is -2.56. The molecule has 2 rings (SSSR count). The van der Waals surface area contributed by atoms with Crippen LogP contribution in [0.1, 0.15) is 187 Å². The minimum Gasteiger partial charge on any atom is -0.462 e. The topological polar surface area (TPSA) is 317 Å². The predicted octanol–water partition coefficient (Wildman–Crippen LogP) is 6.89. The summed E-state index contributed by atoms with van der Waals surface area (Å²) in [5.41, 5.74) is 0. The second kappa shape index (κ2) is 36.3. The van der Waals surface area contributed by atoms with E-state index in [2.05, 4.69) is 6.92 Å². The minimum atomic E-state index is -5.76. The molecule has 2 aliphatic rings. The predicted molar refractivity (Wildman–Crippen MR) is 262 cm³/mol. The number of aliphatic hydroxyl groups is 7. The van der Waals surface area contributed by atoms with Crippen LogP contribution in [0.25, 0.3) is 0 Å². The van der Waals surface area contributed by atoms with E-state index in [9.17, 15) is 69.1 Å². The van der Waals surface area contributed by atoms with Crippen molar-refractivity contribution >= 4 is 27.6 Å². The van der Waals surface area contributed by atoms with Crippen LogP contribution in [0.4, 0.5) is 0 Å². The number of hydrogen-bond donors (Lipinski definition) is 10. The molecule has 410 valence electrons. The zero-order valence-electron chi connectivity index (χ0n) is 41.8. The first-order chi connectivity index (χ1) is 33.3. The van der Waals surface area contributed by atoms with Crippen molar-refractivity contribution in [2.24, 2.45) is 11.8 Å². The van der Waals surface area contributed by atoms with Crippen LogP contribution in [0.2, 0.25) is 0 Å². The van der Waals surface area contributed by atoms with Crippen LogP contribution in [0.5, 0.6) is 0 Å². The van der Waals surface area contributed by atoms with E-state index in [1.165, 1.54) is 89.2 Å². The molecule has 21 heteroatoms. The van der Waals surface area contributed by atoms with Gasteiger partial charge in [-0.05, 0) is 32.1 Å². The largest absolute Gasteiger partial charge is 0.472 e. The molecule has 10 N–H and O–H groups in total. The summed E-state index contributed by atoms with van der Waals surface area (Å²) in [5.74, 6) is -4.49. The van der Waals surface area contributed by atoms with Gasteiger partial charge in [-0.1, -0.05) is 160 Å². The summed E-state index contributed by atoms with van der Waals surface area (Å²) < 4.78 is 52.2. The number of hydrogen-bond acceptors (Lipinski definition) is 16. The van der Waals surface area contributed by atoms with Gasteiger partial charge < -0.3 is 59.9 Å². The monoisotopic (exact) mass is 1040 g/mol. The van der Waals surface area contributed by atoms with Gasteiger partial charge >= 0.3 is 27.6 Å². The van der Waals surface area contributed by atoms with E-state index in [1.54, 1.807) is 6.08 Å². The van der Waals surface area contributed by atoms with Crippen LogP contribution >= 0.6 is 15.6 Å². The lowest BCUT2D eigenvalue weighted by atomic mass is 9.83. The second-order valence-electron chi connectivity index (χ2n) is 19.2. The lowest BCUT2D eigenvalue weighted by Gasteiger charge is -2.38. The number of unbranched alkanes of at least 4 members (excludes halogenated alkanes) is 18. The Morgan fingerprint density at radius 3 is 1.91 bits per heavy atom. The quantitative estimate of drug-likeness (QED) is 0.0165. The van der Waals surface area contributed by atoms with Crippen LogP contribution in [0, 0.1) is 11.8 Å². The third-order valence-electron chi connectivity index (χ3n) is 13.1. The third kappa shape index (κ3) is 27.6. The van der Waals surface area contributed by atoms with Gasteiger partial charge in [0.1, 0.15) is 31.0 Å². The summed E-state index contributed by atoms with van der Waals surface area (Å²) >= 11 is 0. The molecule has 2 bridgehead atoms. The molecule has 0 aromatic heterocycles. The van der Waals surface area contributed by atoms with E-state index in [0.717, 1.165) is 44.6 Å². The molecule has 1 heterocycles. The van der Waals surface area contributed by atoms with E-state index in [-0.39, 0.29) is 38.5 Å². The fourth-order valence-electron chi connectivity index (χ4n) is 8.90. The molecule has 19 nitrogen and oxygen atoms in total. The molecule has 1 unspecified atom stereocenters. The van der Waals surface area contributed by atoms with Crippen molar-refractivity contribution < 1.29 is 92.2 Å². The maximum Gasteiger partial charge on any atom is 0.472 e. The molecule has 0 amide bonds. The zero-order valence-corrected chi connectivity index (χ0v) is 43.6. The van der Waals surface area contributed by atoms with Crippen LogP contribution in [-0.2, 0) is 41.8 Å². The molecular formula is C49H90O19P2. The molecule has 0 saturated heterocycles. The normalized spacial score (nSPS) is 30.7. The highest BCUT2D eigenvalue weighted by molar-refractivity contribution is 7.47. The van der Waals surface area contributed by atoms with Crippen LogP contribution in [0.3, 0.4) is 0 Å². The fraction of sp³-hybridized carbons (Fsp3) is 0.878. The number of ether oxygens (including phenoxy) is 2. The molecule has 1 saturated carbocycles. The Balaban J connectivity index is 2.21. The summed E-state index contributed by atoms with van der Waals surface area (Å²) in [5, 5.41) is 79.7. The van der Waals surface area contributed by atoms with Gasteiger partial charge in [0.15, 0.2) is 6.10 Å². The molecule has 0 aromatic rings. The first-order valence-electron chi connectivity index (χ1n) is 26.1. The van der Waals surface area contributed by atoms with Crippen molar-refractivity contribution in [2.45, 2.75) is 248 Å². The first kappa shape index (κ1) is 64.5. The van der Waals surface area contributed by atoms with Crippen molar-refractivity contribution in [3.05, 3.63) is 24.3 Å². The van der Waals surface area contributed by atoms with Crippen LogP contribution < -0.4 is 0 Å². The van der Waals surface area contributed by atoms with E-state index in [4.69, 9.17) is 23.0 Å². The second-order valence-corrected chi connectivity index (χ2v) is 21.8. The number of phosphoric ester groups is 2. The van der Waals surface area contributed by atoms with E-state index >= 15 is 0 Å². The highest BCUT2D eigenvalue weighted by Crippen LogP contribution is 2.50. The molecule has 0 radical (unpaired) electrons. The molecule has 1 aliphatic heterocycles. The van der Waals surface area contributed by atoms with Gasteiger partial charge in [0.25, 0.3) is 0 Å². The molecular weight excluding hydrogens is 954 g/mol. The Kier molecular flexibility index (Phi) is 33.5. The number of carbonyl (C=O) groups is 2. The summed E-state index contributed by atoms with van der Waals surface area (Å²) in [7, 11) is -11.4. The van der Waals surface area contributed by atoms with Crippen molar-refractivity contribution in [1.29, 1.82) is 0 Å². The van der Waals surface area contributed by atoms with Gasteiger partial charge in [0, 0.05) is 31.1 Å². The molecule has 70 heavy (non-hydrogen) atoms. The number of allylic oxidation sites excluding steroid dienone is 2. The maximum atomic E-state index is 13.7. The molecule has 0 aromatic carbocycles. The Hall–Kier alpha value is -1.64. The zero-order chi connectivity index (χ0) is 52.0. The number of esters is 2. The van der Waals surface area contributed by atoms with E-state index in [0.29, 0.717) is 12.8 Å². The van der Waals surface area contributed by atoms with Gasteiger partial charge in [-0.3, -0.25) is 23.2 Å². The fourth-order valence-corrected chi connectivity index (χ4v) is 10.4. The number of fused-ring (bicyclic) bond motifs is 4. The lowest BCUT2D eigenvalue weighted by molar-refractivity contribution is -0.165. The van der Waals surface area contributed by atoms with Crippen molar-refractivity contribution in [3.63, 3.8) is 0 Å². The van der Waals surface area contributed by atoms with Gasteiger partial charge in [0.2, 0.25) is 0 Å². The van der Waals surface area contributed by atoms with Gasteiger partial charge in [-0.25, -0.2) is 9.13 Å². The van der Waals surface area contributed by atoms with Gasteiger partial charge in [-0.15, -0.1) is 0 Å². The van der Waals surface area contributed by atoms with Crippen LogP contribution in [0.15, 0.2) is 24.3 Å². The summed E-state index contributed by atoms with van der Waals surface area (Å²) in [6.07, 6.45) is 6.55. The third-order valence-corrected chi connectivity index (χ3v) is 14.6. The Labute approximate surface area is 416 Å². The van der Waals surface area contributed by atoms with Crippen LogP contribution in [-0.4, -0.2) is 137 Å². The molecule has 1 fully saturated rings. The minimum absolute atomic E-state index is 0.0612. The Bertz CT molecular complexity index is 1560. The number of rotatable bonds is 28. The van der Waals surface area contributed by atoms with E-state index in [1.807, 2.05) is 6.92 Å². The average molecular weight is 1050 g/mol. The van der Waals surface area contributed by atoms with Gasteiger partial charge in [0.05, 0.1) is 37.1 Å². The average Bonchev–Trinajstić information content (AvgIpc) is 3.30. The first-order valence-corrected chi connectivity index (χ1v) is 29.2. The summed E-state index contributed by atoms with van der Waals surface area (Å²) in [6, 6.07) is 0. The summed E-state index contributed by atoms with van der Waals surface area (Å²) in [4.78, 5) is 56.8. The van der Waals surface area contributed by atoms with Gasteiger partial charge in [-0.2, -0.15) is 0 Å². The number of carbonyl (C=O) groups excluding carboxylic acids is 2. The Morgan fingerprint density at radius 1 is 0.786 bits per heavy atom. The summed E-state index contributed by atoms with van der Waals surface area (Å²) in [6.45, 7) is 2.61. The van der Waals surface area contributed by atoms with Crippen molar-refractivity contribution in [2.75, 3.05) is 13.2 Å². The molecule has 13 atom stereocenters. The standard InChI is InChI=1S/C49H90O19P2/c1-3-5-7-8-9-10-11-12-13-14-15-16-17-18-19-20-25-29-42(53)64-34-37-35-65-70(62,63)68-49-47(58)46(57)44(55)38(28-24-21-22-26-30-43(54)66-37)40(51)33-41(52)39(32-31-36(50)27-23-6-4-2)45(56)48(49)67-69(59,60)61/h21,24,31-32,36-41,44-52,55-58H,3-20,22-23,25-30,33-35H2,1-2H3,(H,62,63)(H2,59,60,61)/b24-21?,32-31+/t36-,37+,38-,39-,40-,41+,44+,45+,46-,47+,48+,49-/m0/s1.